The van der Waals surface area contributed by atoms with E-state index < -0.39 is 67.6 Å². The molecular formula is C17H23N3O9S. The van der Waals surface area contributed by atoms with E-state index in [1.54, 1.807) is 0 Å². The molecule has 1 aromatic carbocycles. The number of aliphatic hydroxyl groups is 2. The van der Waals surface area contributed by atoms with Crippen molar-refractivity contribution in [2.45, 2.75) is 42.3 Å². The molecule has 1 aliphatic rings. The second-order valence-electron chi connectivity index (χ2n) is 7.39. The Morgan fingerprint density at radius 3 is 2.53 bits per heavy atom. The SMILES string of the molecule is COC(=O)C(C)(C)N1C[C@](CC(O)CO)(NS(=O)(=O)c2ccccc2[N+](=O)[O-])C1=O. The van der Waals surface area contributed by atoms with Crippen molar-refractivity contribution in [3.05, 3.63) is 34.4 Å². The van der Waals surface area contributed by atoms with Gasteiger partial charge in [0.05, 0.1) is 31.3 Å². The van der Waals surface area contributed by atoms with Crippen molar-refractivity contribution in [1.29, 1.82) is 0 Å². The number of benzene rings is 1. The third-order valence-corrected chi connectivity index (χ3v) is 6.50. The summed E-state index contributed by atoms with van der Waals surface area (Å²) in [5, 5.41) is 30.3. The van der Waals surface area contributed by atoms with Gasteiger partial charge in [0.25, 0.3) is 5.69 Å². The van der Waals surface area contributed by atoms with Gasteiger partial charge in [0.15, 0.2) is 4.90 Å². The predicted octanol–water partition coefficient (Wildman–Crippen LogP) is -0.851. The third kappa shape index (κ3) is 4.14. The standard InChI is InChI=1S/C17H23N3O9S/c1-16(2,15(24)29-3)19-10-17(14(19)23,8-11(22)9-21)18-30(27,28)13-7-5-4-6-12(13)20(25)26/h4-7,11,18,21-22H,8-10H2,1-3H3/t11?,17-/m0/s1. The van der Waals surface area contributed by atoms with Gasteiger partial charge in [-0.15, -0.1) is 0 Å². The van der Waals surface area contributed by atoms with E-state index in [2.05, 4.69) is 9.46 Å². The predicted molar refractivity (Wildman–Crippen MR) is 102 cm³/mol. The third-order valence-electron chi connectivity index (χ3n) is 4.92. The number of carbonyl (C=O) groups excluding carboxylic acids is 2. The number of nitro groups is 1. The van der Waals surface area contributed by atoms with Crippen LogP contribution >= 0.6 is 0 Å². The van der Waals surface area contributed by atoms with Crippen LogP contribution in [-0.4, -0.2) is 77.8 Å². The maximum Gasteiger partial charge on any atom is 0.331 e. The van der Waals surface area contributed by atoms with Gasteiger partial charge >= 0.3 is 5.97 Å². The number of nitro benzene ring substituents is 1. The number of carbonyl (C=O) groups is 2. The van der Waals surface area contributed by atoms with Crippen LogP contribution in [0.15, 0.2) is 29.2 Å². The first-order valence-corrected chi connectivity index (χ1v) is 10.3. The Labute approximate surface area is 172 Å². The molecule has 1 aliphatic heterocycles. The minimum Gasteiger partial charge on any atom is -0.467 e. The highest BCUT2D eigenvalue weighted by Crippen LogP contribution is 2.36. The number of β-lactam (4-membered cyclic amide) rings is 1. The van der Waals surface area contributed by atoms with Crippen LogP contribution in [0.4, 0.5) is 5.69 Å². The number of sulfonamides is 1. The Kier molecular flexibility index (Phi) is 6.51. The van der Waals surface area contributed by atoms with Gasteiger partial charge in [0, 0.05) is 12.5 Å². The molecule has 13 heteroatoms. The van der Waals surface area contributed by atoms with Gasteiger partial charge in [-0.1, -0.05) is 12.1 Å². The lowest BCUT2D eigenvalue weighted by molar-refractivity contribution is -0.387. The molecule has 1 saturated heterocycles. The summed E-state index contributed by atoms with van der Waals surface area (Å²) < 4.78 is 32.6. The van der Waals surface area contributed by atoms with Crippen molar-refractivity contribution in [3.8, 4) is 0 Å². The number of hydrogen-bond acceptors (Lipinski definition) is 9. The molecule has 12 nitrogen and oxygen atoms in total. The van der Waals surface area contributed by atoms with Gasteiger partial charge in [-0.2, -0.15) is 4.72 Å². The van der Waals surface area contributed by atoms with Crippen molar-refractivity contribution >= 4 is 27.6 Å². The van der Waals surface area contributed by atoms with E-state index in [9.17, 15) is 38.3 Å². The fourth-order valence-electron chi connectivity index (χ4n) is 3.27. The zero-order valence-corrected chi connectivity index (χ0v) is 17.4. The van der Waals surface area contributed by atoms with E-state index in [0.29, 0.717) is 0 Å². The van der Waals surface area contributed by atoms with Crippen molar-refractivity contribution in [2.24, 2.45) is 0 Å². The van der Waals surface area contributed by atoms with Crippen molar-refractivity contribution in [2.75, 3.05) is 20.3 Å². The number of rotatable bonds is 9. The molecule has 0 aliphatic carbocycles. The van der Waals surface area contributed by atoms with Crippen molar-refractivity contribution in [3.63, 3.8) is 0 Å². The number of amides is 1. The van der Waals surface area contributed by atoms with Gasteiger partial charge in [-0.25, -0.2) is 13.2 Å². The molecule has 0 bridgehead atoms. The van der Waals surface area contributed by atoms with Crippen LogP contribution in [-0.2, 0) is 24.3 Å². The number of aliphatic hydroxyl groups excluding tert-OH is 2. The minimum absolute atomic E-state index is 0.329. The summed E-state index contributed by atoms with van der Waals surface area (Å²) in [7, 11) is -3.45. The average Bonchev–Trinajstić information content (AvgIpc) is 2.70. The van der Waals surface area contributed by atoms with E-state index >= 15 is 0 Å². The molecule has 1 unspecified atom stereocenters. The number of para-hydroxylation sites is 1. The van der Waals surface area contributed by atoms with Crippen LogP contribution in [0.2, 0.25) is 0 Å². The van der Waals surface area contributed by atoms with Crippen LogP contribution < -0.4 is 4.72 Å². The molecule has 1 aromatic rings. The van der Waals surface area contributed by atoms with Crippen LogP contribution in [0.1, 0.15) is 20.3 Å². The van der Waals surface area contributed by atoms with E-state index in [-0.39, 0.29) is 6.54 Å². The molecular weight excluding hydrogens is 422 g/mol. The van der Waals surface area contributed by atoms with Gasteiger partial charge in [0.2, 0.25) is 15.9 Å². The first-order valence-electron chi connectivity index (χ1n) is 8.79. The summed E-state index contributed by atoms with van der Waals surface area (Å²) in [6.07, 6.45) is -1.96. The zero-order valence-electron chi connectivity index (χ0n) is 16.6. The summed E-state index contributed by atoms with van der Waals surface area (Å²) in [5.74, 6) is -1.58. The molecule has 0 spiro atoms. The van der Waals surface area contributed by atoms with Crippen molar-refractivity contribution in [1.82, 2.24) is 9.62 Å². The summed E-state index contributed by atoms with van der Waals surface area (Å²) in [6.45, 7) is 1.73. The smallest absolute Gasteiger partial charge is 0.331 e. The van der Waals surface area contributed by atoms with Crippen molar-refractivity contribution < 1.29 is 37.9 Å². The molecule has 2 rings (SSSR count). The fraction of sp³-hybridized carbons (Fsp3) is 0.529. The molecule has 166 valence electrons. The lowest BCUT2D eigenvalue weighted by Crippen LogP contribution is -2.79. The topological polar surface area (TPSA) is 176 Å². The lowest BCUT2D eigenvalue weighted by Gasteiger charge is -2.54. The summed E-state index contributed by atoms with van der Waals surface area (Å²) in [4.78, 5) is 35.7. The minimum atomic E-state index is -4.58. The number of esters is 1. The molecule has 2 atom stereocenters. The van der Waals surface area contributed by atoms with Crippen LogP contribution in [0.25, 0.3) is 0 Å². The van der Waals surface area contributed by atoms with Crippen LogP contribution in [0.5, 0.6) is 0 Å². The molecule has 1 fully saturated rings. The maximum atomic E-state index is 13.0. The molecule has 3 N–H and O–H groups in total. The Balaban J connectivity index is 2.44. The highest BCUT2D eigenvalue weighted by molar-refractivity contribution is 7.89. The number of methoxy groups -OCH3 is 1. The van der Waals surface area contributed by atoms with E-state index in [0.717, 1.165) is 24.1 Å². The molecule has 30 heavy (non-hydrogen) atoms. The van der Waals surface area contributed by atoms with Gasteiger partial charge < -0.3 is 19.8 Å². The first-order chi connectivity index (χ1) is 13.8. The quantitative estimate of drug-likeness (QED) is 0.189. The fourth-order valence-corrected chi connectivity index (χ4v) is 4.81. The second-order valence-corrected chi connectivity index (χ2v) is 9.05. The van der Waals surface area contributed by atoms with E-state index in [1.165, 1.54) is 26.0 Å². The number of likely N-dealkylation sites (tertiary alicyclic amines) is 1. The summed E-state index contributed by atoms with van der Waals surface area (Å²) >= 11 is 0. The first kappa shape index (κ1) is 23.7. The number of ether oxygens (including phenoxy) is 1. The Morgan fingerprint density at radius 2 is 2.03 bits per heavy atom. The Hall–Kier alpha value is -2.61. The van der Waals surface area contributed by atoms with E-state index in [1.807, 2.05) is 0 Å². The Morgan fingerprint density at radius 1 is 1.43 bits per heavy atom. The second kappa shape index (κ2) is 8.26. The molecule has 0 radical (unpaired) electrons. The summed E-state index contributed by atoms with van der Waals surface area (Å²) in [5.41, 5.74) is -4.03. The zero-order chi connectivity index (χ0) is 22.9. The van der Waals surface area contributed by atoms with Crippen LogP contribution in [0.3, 0.4) is 0 Å². The normalized spacial score (nSPS) is 20.4. The highest BCUT2D eigenvalue weighted by Gasteiger charge is 2.60. The maximum absolute atomic E-state index is 13.0. The average molecular weight is 445 g/mol. The number of nitrogens with one attached hydrogen (secondary N) is 1. The summed E-state index contributed by atoms with van der Waals surface area (Å²) in [6, 6.07) is 4.58. The molecule has 1 heterocycles. The lowest BCUT2D eigenvalue weighted by atomic mass is 9.80. The highest BCUT2D eigenvalue weighted by atomic mass is 32.2. The molecule has 0 saturated carbocycles. The van der Waals surface area contributed by atoms with Gasteiger partial charge in [0.1, 0.15) is 11.1 Å². The monoisotopic (exact) mass is 445 g/mol. The largest absolute Gasteiger partial charge is 0.467 e. The van der Waals surface area contributed by atoms with Crippen LogP contribution in [0, 0.1) is 10.1 Å². The Bertz CT molecular complexity index is 963. The number of nitrogens with zero attached hydrogens (tertiary/aromatic N) is 2. The molecule has 0 aromatic heterocycles. The van der Waals surface area contributed by atoms with Gasteiger partial charge in [-0.3, -0.25) is 14.9 Å². The van der Waals surface area contributed by atoms with Gasteiger partial charge in [-0.05, 0) is 19.9 Å². The number of hydrogen-bond donors (Lipinski definition) is 3. The van der Waals surface area contributed by atoms with E-state index in [4.69, 9.17) is 0 Å². The molecule has 1 amide bonds.